The van der Waals surface area contributed by atoms with Gasteiger partial charge in [-0.25, -0.2) is 0 Å². The van der Waals surface area contributed by atoms with E-state index in [-0.39, 0.29) is 5.91 Å². The minimum absolute atomic E-state index is 0.0767. The molecule has 2 aromatic heterocycles. The zero-order valence-electron chi connectivity index (χ0n) is 15.1. The second-order valence-electron chi connectivity index (χ2n) is 6.74. The summed E-state index contributed by atoms with van der Waals surface area (Å²) < 4.78 is 3.64. The van der Waals surface area contributed by atoms with Crippen molar-refractivity contribution in [2.24, 2.45) is 5.92 Å². The molecule has 2 aromatic rings. The molecule has 1 N–H and O–H groups in total. The number of hydrogen-bond acceptors (Lipinski definition) is 5. The fourth-order valence-electron chi connectivity index (χ4n) is 3.32. The SMILES string of the molecule is CCn1ncc(C(=O)N2CCC(Cn3cc(C(C)O)nn3)CC2)c1C. The quantitative estimate of drug-likeness (QED) is 0.884. The molecule has 3 rings (SSSR count). The van der Waals surface area contributed by atoms with Crippen LogP contribution in [0.2, 0.25) is 0 Å². The van der Waals surface area contributed by atoms with E-state index in [1.807, 2.05) is 23.4 Å². The molecule has 136 valence electrons. The third-order valence-electron chi connectivity index (χ3n) is 4.96. The lowest BCUT2D eigenvalue weighted by Crippen LogP contribution is -2.39. The minimum atomic E-state index is -0.597. The summed E-state index contributed by atoms with van der Waals surface area (Å²) in [5.74, 6) is 0.542. The molecule has 1 amide bonds. The Labute approximate surface area is 147 Å². The molecule has 1 atom stereocenters. The molecule has 1 fully saturated rings. The summed E-state index contributed by atoms with van der Waals surface area (Å²) in [6.45, 7) is 8.69. The highest BCUT2D eigenvalue weighted by molar-refractivity contribution is 5.95. The van der Waals surface area contributed by atoms with Crippen molar-refractivity contribution in [3.63, 3.8) is 0 Å². The van der Waals surface area contributed by atoms with Crippen molar-refractivity contribution in [1.82, 2.24) is 29.7 Å². The van der Waals surface area contributed by atoms with Crippen LogP contribution in [-0.4, -0.2) is 53.8 Å². The molecule has 0 aliphatic carbocycles. The van der Waals surface area contributed by atoms with Gasteiger partial charge in [0.1, 0.15) is 5.69 Å². The van der Waals surface area contributed by atoms with Gasteiger partial charge in [0.05, 0.1) is 24.1 Å². The standard InChI is InChI=1S/C17H26N6O2/c1-4-23-12(2)15(9-18-23)17(25)21-7-5-14(6-8-21)10-22-11-16(13(3)24)19-20-22/h9,11,13-14,24H,4-8,10H2,1-3H3. The number of carbonyl (C=O) groups is 1. The number of aliphatic hydroxyl groups is 1. The third-order valence-corrected chi connectivity index (χ3v) is 4.96. The van der Waals surface area contributed by atoms with Crippen molar-refractivity contribution in [3.05, 3.63) is 29.3 Å². The van der Waals surface area contributed by atoms with Crippen LogP contribution in [0.15, 0.2) is 12.4 Å². The van der Waals surface area contributed by atoms with Gasteiger partial charge in [0, 0.05) is 31.9 Å². The largest absolute Gasteiger partial charge is 0.387 e. The first kappa shape index (κ1) is 17.6. The normalized spacial score (nSPS) is 17.0. The predicted octanol–water partition coefficient (Wildman–Crippen LogP) is 1.41. The Morgan fingerprint density at radius 3 is 2.68 bits per heavy atom. The molecule has 8 nitrogen and oxygen atoms in total. The summed E-state index contributed by atoms with van der Waals surface area (Å²) in [4.78, 5) is 14.6. The van der Waals surface area contributed by atoms with Crippen LogP contribution in [0.25, 0.3) is 0 Å². The van der Waals surface area contributed by atoms with Crippen LogP contribution in [0.3, 0.4) is 0 Å². The van der Waals surface area contributed by atoms with Crippen LogP contribution >= 0.6 is 0 Å². The van der Waals surface area contributed by atoms with Crippen LogP contribution in [0.4, 0.5) is 0 Å². The first-order valence-electron chi connectivity index (χ1n) is 8.89. The molecule has 1 aliphatic heterocycles. The van der Waals surface area contributed by atoms with E-state index in [2.05, 4.69) is 15.4 Å². The van der Waals surface area contributed by atoms with Crippen molar-refractivity contribution in [2.45, 2.75) is 52.8 Å². The summed E-state index contributed by atoms with van der Waals surface area (Å²) in [6.07, 6.45) is 4.76. The molecule has 25 heavy (non-hydrogen) atoms. The number of piperidine rings is 1. The molecule has 8 heteroatoms. The molecule has 3 heterocycles. The van der Waals surface area contributed by atoms with E-state index in [1.54, 1.807) is 24.0 Å². The molecule has 0 aromatic carbocycles. The zero-order chi connectivity index (χ0) is 18.0. The highest BCUT2D eigenvalue weighted by Gasteiger charge is 2.26. The van der Waals surface area contributed by atoms with Crippen molar-refractivity contribution in [3.8, 4) is 0 Å². The van der Waals surface area contributed by atoms with Gasteiger partial charge < -0.3 is 10.0 Å². The second kappa shape index (κ2) is 7.35. The average Bonchev–Trinajstić information content (AvgIpc) is 3.21. The van der Waals surface area contributed by atoms with E-state index >= 15 is 0 Å². The number of amides is 1. The molecule has 0 radical (unpaired) electrons. The predicted molar refractivity (Wildman–Crippen MR) is 91.9 cm³/mol. The van der Waals surface area contributed by atoms with Crippen LogP contribution in [0, 0.1) is 12.8 Å². The van der Waals surface area contributed by atoms with Gasteiger partial charge in [-0.2, -0.15) is 5.10 Å². The molecular weight excluding hydrogens is 320 g/mol. The third kappa shape index (κ3) is 3.73. The Bertz CT molecular complexity index is 727. The van der Waals surface area contributed by atoms with Crippen LogP contribution in [0.5, 0.6) is 0 Å². The van der Waals surface area contributed by atoms with E-state index < -0.39 is 6.10 Å². The fourth-order valence-corrected chi connectivity index (χ4v) is 3.32. The minimum Gasteiger partial charge on any atom is -0.387 e. The second-order valence-corrected chi connectivity index (χ2v) is 6.74. The lowest BCUT2D eigenvalue weighted by molar-refractivity contribution is 0.0680. The van der Waals surface area contributed by atoms with E-state index in [4.69, 9.17) is 0 Å². The molecule has 0 spiro atoms. The van der Waals surface area contributed by atoms with E-state index in [1.165, 1.54) is 0 Å². The number of likely N-dealkylation sites (tertiary alicyclic amines) is 1. The topological polar surface area (TPSA) is 89.1 Å². The molecular formula is C17H26N6O2. The van der Waals surface area contributed by atoms with Gasteiger partial charge in [0.2, 0.25) is 0 Å². The summed E-state index contributed by atoms with van der Waals surface area (Å²) in [7, 11) is 0. The Kier molecular flexibility index (Phi) is 5.17. The summed E-state index contributed by atoms with van der Waals surface area (Å²) in [5.41, 5.74) is 2.23. The maximum absolute atomic E-state index is 12.7. The van der Waals surface area contributed by atoms with Gasteiger partial charge in [-0.1, -0.05) is 5.21 Å². The number of rotatable bonds is 5. The summed E-state index contributed by atoms with van der Waals surface area (Å²) >= 11 is 0. The van der Waals surface area contributed by atoms with Crippen molar-refractivity contribution in [2.75, 3.05) is 13.1 Å². The van der Waals surface area contributed by atoms with Gasteiger partial charge in [-0.05, 0) is 39.5 Å². The Balaban J connectivity index is 1.55. The maximum atomic E-state index is 12.7. The molecule has 1 unspecified atom stereocenters. The van der Waals surface area contributed by atoms with Gasteiger partial charge in [-0.3, -0.25) is 14.2 Å². The van der Waals surface area contributed by atoms with Crippen LogP contribution in [0.1, 0.15) is 54.5 Å². The molecule has 1 saturated heterocycles. The first-order chi connectivity index (χ1) is 12.0. The Morgan fingerprint density at radius 2 is 2.12 bits per heavy atom. The van der Waals surface area contributed by atoms with Gasteiger partial charge >= 0.3 is 0 Å². The fraction of sp³-hybridized carbons (Fsp3) is 0.647. The van der Waals surface area contributed by atoms with Gasteiger partial charge in [-0.15, -0.1) is 5.10 Å². The number of aliphatic hydroxyl groups excluding tert-OH is 1. The van der Waals surface area contributed by atoms with E-state index in [0.29, 0.717) is 17.2 Å². The Hall–Kier alpha value is -2.22. The van der Waals surface area contributed by atoms with Crippen molar-refractivity contribution < 1.29 is 9.90 Å². The number of aryl methyl sites for hydroxylation is 1. The maximum Gasteiger partial charge on any atom is 0.257 e. The Morgan fingerprint density at radius 1 is 1.40 bits per heavy atom. The zero-order valence-corrected chi connectivity index (χ0v) is 15.1. The highest BCUT2D eigenvalue weighted by Crippen LogP contribution is 2.22. The number of nitrogens with zero attached hydrogens (tertiary/aromatic N) is 6. The number of carbonyl (C=O) groups excluding carboxylic acids is 1. The van der Waals surface area contributed by atoms with Gasteiger partial charge in [0.25, 0.3) is 5.91 Å². The van der Waals surface area contributed by atoms with Gasteiger partial charge in [0.15, 0.2) is 0 Å². The lowest BCUT2D eigenvalue weighted by atomic mass is 9.96. The van der Waals surface area contributed by atoms with E-state index in [0.717, 1.165) is 44.7 Å². The molecule has 1 aliphatic rings. The lowest BCUT2D eigenvalue weighted by Gasteiger charge is -2.31. The number of aromatic nitrogens is 5. The van der Waals surface area contributed by atoms with E-state index in [9.17, 15) is 9.90 Å². The smallest absolute Gasteiger partial charge is 0.257 e. The molecule has 0 bridgehead atoms. The summed E-state index contributed by atoms with van der Waals surface area (Å²) in [6, 6.07) is 0. The average molecular weight is 346 g/mol. The summed E-state index contributed by atoms with van der Waals surface area (Å²) in [5, 5.41) is 21.8. The number of hydrogen-bond donors (Lipinski definition) is 1. The van der Waals surface area contributed by atoms with Crippen molar-refractivity contribution in [1.29, 1.82) is 0 Å². The highest BCUT2D eigenvalue weighted by atomic mass is 16.3. The van der Waals surface area contributed by atoms with Crippen molar-refractivity contribution >= 4 is 5.91 Å². The molecule has 0 saturated carbocycles. The van der Waals surface area contributed by atoms with Crippen LogP contribution in [-0.2, 0) is 13.1 Å². The monoisotopic (exact) mass is 346 g/mol. The first-order valence-corrected chi connectivity index (χ1v) is 8.89. The van der Waals surface area contributed by atoms with Crippen LogP contribution < -0.4 is 0 Å².